The van der Waals surface area contributed by atoms with Crippen molar-refractivity contribution in [2.24, 2.45) is 0 Å². The van der Waals surface area contributed by atoms with Gasteiger partial charge in [-0.2, -0.15) is 0 Å². The number of phenolic OH excluding ortho intramolecular Hbond substituents is 1. The lowest BCUT2D eigenvalue weighted by atomic mass is 10.1. The molecule has 0 radical (unpaired) electrons. The number of pyridine rings is 1. The molecule has 8 heteroatoms. The molecule has 0 atom stereocenters. The van der Waals surface area contributed by atoms with E-state index < -0.39 is 0 Å². The second kappa shape index (κ2) is 8.41. The summed E-state index contributed by atoms with van der Waals surface area (Å²) in [6.45, 7) is 2.40. The van der Waals surface area contributed by atoms with E-state index in [-0.39, 0.29) is 18.4 Å². The van der Waals surface area contributed by atoms with Gasteiger partial charge in [0.15, 0.2) is 5.65 Å². The number of rotatable bonds is 6. The number of amides is 2. The lowest BCUT2D eigenvalue weighted by Crippen LogP contribution is -2.30. The molecule has 140 valence electrons. The Bertz CT molecular complexity index is 961. The molecular formula is C19H21N5O3. The number of benzene rings is 1. The predicted octanol–water partition coefficient (Wildman–Crippen LogP) is 2.60. The number of aromatic hydroxyl groups is 1. The molecule has 0 spiro atoms. The Morgan fingerprint density at radius 3 is 2.78 bits per heavy atom. The van der Waals surface area contributed by atoms with E-state index in [1.807, 2.05) is 13.0 Å². The molecule has 1 aromatic carbocycles. The van der Waals surface area contributed by atoms with Crippen LogP contribution in [0.5, 0.6) is 5.75 Å². The molecule has 0 bridgehead atoms. The van der Waals surface area contributed by atoms with Gasteiger partial charge in [-0.1, -0.05) is 0 Å². The van der Waals surface area contributed by atoms with Crippen LogP contribution in [0.4, 0.5) is 10.6 Å². The normalized spacial score (nSPS) is 10.7. The summed E-state index contributed by atoms with van der Waals surface area (Å²) in [4.78, 5) is 25.1. The molecule has 8 nitrogen and oxygen atoms in total. The lowest BCUT2D eigenvalue weighted by molar-refractivity contribution is 0.250. The summed E-state index contributed by atoms with van der Waals surface area (Å²) in [7, 11) is 0. The average molecular weight is 367 g/mol. The largest absolute Gasteiger partial charge is 0.508 e. The van der Waals surface area contributed by atoms with Crippen LogP contribution in [-0.4, -0.2) is 44.3 Å². The Morgan fingerprint density at radius 2 is 2.00 bits per heavy atom. The van der Waals surface area contributed by atoms with Crippen LogP contribution in [0.2, 0.25) is 0 Å². The first-order valence-electron chi connectivity index (χ1n) is 8.66. The van der Waals surface area contributed by atoms with Gasteiger partial charge in [0, 0.05) is 18.7 Å². The van der Waals surface area contributed by atoms with E-state index >= 15 is 0 Å². The van der Waals surface area contributed by atoms with Gasteiger partial charge in [-0.15, -0.1) is 0 Å². The van der Waals surface area contributed by atoms with Crippen molar-refractivity contribution in [2.75, 3.05) is 18.5 Å². The number of aliphatic hydroxyl groups excluding tert-OH is 1. The van der Waals surface area contributed by atoms with Gasteiger partial charge >= 0.3 is 6.03 Å². The van der Waals surface area contributed by atoms with Crippen LogP contribution in [0.15, 0.2) is 36.5 Å². The van der Waals surface area contributed by atoms with Gasteiger partial charge in [-0.05, 0) is 55.7 Å². The Kier molecular flexibility index (Phi) is 5.77. The molecule has 0 aliphatic carbocycles. The fourth-order valence-electron chi connectivity index (χ4n) is 2.52. The van der Waals surface area contributed by atoms with Crippen molar-refractivity contribution in [1.82, 2.24) is 20.3 Å². The molecule has 3 aromatic rings. The first kappa shape index (κ1) is 18.5. The second-order valence-corrected chi connectivity index (χ2v) is 6.11. The fourth-order valence-corrected chi connectivity index (χ4v) is 2.52. The van der Waals surface area contributed by atoms with Crippen molar-refractivity contribution < 1.29 is 15.0 Å². The van der Waals surface area contributed by atoms with Gasteiger partial charge in [0.25, 0.3) is 0 Å². The van der Waals surface area contributed by atoms with Gasteiger partial charge < -0.3 is 15.5 Å². The summed E-state index contributed by atoms with van der Waals surface area (Å²) >= 11 is 0. The fraction of sp³-hybridized carbons (Fsp3) is 0.263. The number of aryl methyl sites for hydroxylation is 1. The van der Waals surface area contributed by atoms with Gasteiger partial charge in [-0.25, -0.2) is 14.8 Å². The van der Waals surface area contributed by atoms with Crippen molar-refractivity contribution in [2.45, 2.75) is 19.8 Å². The Balaban J connectivity index is 1.77. The number of hydrogen-bond donors (Lipinski definition) is 4. The van der Waals surface area contributed by atoms with Crippen LogP contribution in [0, 0.1) is 6.92 Å². The van der Waals surface area contributed by atoms with Crippen LogP contribution in [0.3, 0.4) is 0 Å². The van der Waals surface area contributed by atoms with Gasteiger partial charge in [0.05, 0.1) is 11.9 Å². The van der Waals surface area contributed by atoms with Gasteiger partial charge in [-0.3, -0.25) is 10.3 Å². The summed E-state index contributed by atoms with van der Waals surface area (Å²) in [6.07, 6.45) is 3.00. The standard InChI is InChI=1S/C19H21N5O3/c1-12-10-13(4-6-16(12)26)15-11-21-14-5-7-17(23-18(14)22-15)24-19(27)20-8-2-3-9-25/h4-7,10-11,25-26H,2-3,8-9H2,1H3,(H2,20,22,23,24,27). The highest BCUT2D eigenvalue weighted by Crippen LogP contribution is 2.24. The number of phenols is 1. The third-order valence-electron chi connectivity index (χ3n) is 4.01. The quantitative estimate of drug-likeness (QED) is 0.497. The summed E-state index contributed by atoms with van der Waals surface area (Å²) < 4.78 is 0. The van der Waals surface area contributed by atoms with Gasteiger partial charge in [0.1, 0.15) is 17.1 Å². The van der Waals surface area contributed by atoms with Crippen molar-refractivity contribution in [3.05, 3.63) is 42.1 Å². The Hall–Kier alpha value is -3.26. The average Bonchev–Trinajstić information content (AvgIpc) is 2.67. The molecule has 3 rings (SSSR count). The number of urea groups is 1. The minimum atomic E-state index is -0.363. The molecule has 0 saturated carbocycles. The van der Waals surface area contributed by atoms with E-state index in [4.69, 9.17) is 5.11 Å². The third-order valence-corrected chi connectivity index (χ3v) is 4.01. The number of anilines is 1. The number of hydrogen-bond acceptors (Lipinski definition) is 6. The number of nitrogens with zero attached hydrogens (tertiary/aromatic N) is 3. The number of nitrogens with one attached hydrogen (secondary N) is 2. The maximum Gasteiger partial charge on any atom is 0.320 e. The number of carbonyl (C=O) groups is 1. The summed E-state index contributed by atoms with van der Waals surface area (Å²) in [5.74, 6) is 0.595. The smallest absolute Gasteiger partial charge is 0.320 e. The van der Waals surface area contributed by atoms with E-state index in [1.54, 1.807) is 30.5 Å². The number of fused-ring (bicyclic) bond motifs is 1. The highest BCUT2D eigenvalue weighted by atomic mass is 16.3. The third kappa shape index (κ3) is 4.68. The predicted molar refractivity (Wildman–Crippen MR) is 103 cm³/mol. The van der Waals surface area contributed by atoms with Crippen molar-refractivity contribution in [3.63, 3.8) is 0 Å². The van der Waals surface area contributed by atoms with E-state index in [0.29, 0.717) is 42.1 Å². The van der Waals surface area contributed by atoms with E-state index in [2.05, 4.69) is 25.6 Å². The Labute approximate surface area is 156 Å². The molecule has 0 fully saturated rings. The molecule has 2 aromatic heterocycles. The number of aliphatic hydroxyl groups is 1. The zero-order valence-corrected chi connectivity index (χ0v) is 14.9. The van der Waals surface area contributed by atoms with Crippen molar-refractivity contribution in [1.29, 1.82) is 0 Å². The molecule has 4 N–H and O–H groups in total. The molecule has 2 heterocycles. The van der Waals surface area contributed by atoms with Crippen molar-refractivity contribution in [3.8, 4) is 17.0 Å². The highest BCUT2D eigenvalue weighted by Gasteiger charge is 2.08. The van der Waals surface area contributed by atoms with E-state index in [9.17, 15) is 9.90 Å². The maximum absolute atomic E-state index is 11.9. The molecule has 0 saturated heterocycles. The SMILES string of the molecule is Cc1cc(-c2cnc3ccc(NC(=O)NCCCCO)nc3n2)ccc1O. The summed E-state index contributed by atoms with van der Waals surface area (Å²) in [5, 5.41) is 23.8. The van der Waals surface area contributed by atoms with E-state index in [1.165, 1.54) is 0 Å². The first-order chi connectivity index (χ1) is 13.1. The number of carbonyl (C=O) groups excluding carboxylic acids is 1. The monoisotopic (exact) mass is 367 g/mol. The van der Waals surface area contributed by atoms with Crippen LogP contribution < -0.4 is 10.6 Å². The number of aromatic nitrogens is 3. The minimum Gasteiger partial charge on any atom is -0.508 e. The van der Waals surface area contributed by atoms with Gasteiger partial charge in [0.2, 0.25) is 0 Å². The minimum absolute atomic E-state index is 0.108. The first-order valence-corrected chi connectivity index (χ1v) is 8.66. The zero-order chi connectivity index (χ0) is 19.2. The molecule has 0 aliphatic heterocycles. The zero-order valence-electron chi connectivity index (χ0n) is 14.9. The van der Waals surface area contributed by atoms with Crippen LogP contribution >= 0.6 is 0 Å². The van der Waals surface area contributed by atoms with Crippen LogP contribution in [0.25, 0.3) is 22.4 Å². The van der Waals surface area contributed by atoms with Crippen molar-refractivity contribution >= 4 is 23.0 Å². The van der Waals surface area contributed by atoms with Crippen LogP contribution in [-0.2, 0) is 0 Å². The number of unbranched alkanes of at least 4 members (excludes halogenated alkanes) is 1. The molecule has 0 unspecified atom stereocenters. The van der Waals surface area contributed by atoms with Crippen LogP contribution in [0.1, 0.15) is 18.4 Å². The summed E-state index contributed by atoms with van der Waals surface area (Å²) in [6, 6.07) is 8.24. The molecule has 2 amide bonds. The Morgan fingerprint density at radius 1 is 1.15 bits per heavy atom. The molecular weight excluding hydrogens is 346 g/mol. The highest BCUT2D eigenvalue weighted by molar-refractivity contribution is 5.89. The summed E-state index contributed by atoms with van der Waals surface area (Å²) in [5.41, 5.74) is 3.22. The van der Waals surface area contributed by atoms with E-state index in [0.717, 1.165) is 11.1 Å². The molecule has 27 heavy (non-hydrogen) atoms. The topological polar surface area (TPSA) is 120 Å². The maximum atomic E-state index is 11.9. The molecule has 0 aliphatic rings. The lowest BCUT2D eigenvalue weighted by Gasteiger charge is -2.08. The second-order valence-electron chi connectivity index (χ2n) is 6.11.